The van der Waals surface area contributed by atoms with E-state index in [0.717, 1.165) is 0 Å². The van der Waals surface area contributed by atoms with Gasteiger partial charge in [-0.2, -0.15) is 0 Å². The van der Waals surface area contributed by atoms with Crippen molar-refractivity contribution in [2.24, 2.45) is 0 Å². The molecule has 0 aromatic carbocycles. The van der Waals surface area contributed by atoms with Gasteiger partial charge < -0.3 is 4.74 Å². The highest BCUT2D eigenvalue weighted by Crippen LogP contribution is 2.08. The summed E-state index contributed by atoms with van der Waals surface area (Å²) in [7, 11) is 0. The van der Waals surface area contributed by atoms with Gasteiger partial charge in [0.15, 0.2) is 0 Å². The molecule has 50 valence electrons. The molecule has 3 nitrogen and oxygen atoms in total. The average molecular weight is 127 g/mol. The lowest BCUT2D eigenvalue weighted by molar-refractivity contribution is -0.127. The van der Waals surface area contributed by atoms with Crippen molar-refractivity contribution in [3.8, 4) is 0 Å². The van der Waals surface area contributed by atoms with Gasteiger partial charge in [0.25, 0.3) is 5.91 Å². The van der Waals surface area contributed by atoms with Crippen LogP contribution in [-0.2, 0) is 9.53 Å². The van der Waals surface area contributed by atoms with Gasteiger partial charge in [-0.3, -0.25) is 9.69 Å². The van der Waals surface area contributed by atoms with Crippen molar-refractivity contribution < 1.29 is 9.53 Å². The van der Waals surface area contributed by atoms with Crippen LogP contribution in [0.25, 0.3) is 0 Å². The molecule has 1 saturated heterocycles. The first-order valence-corrected chi connectivity index (χ1v) is 2.80. The Morgan fingerprint density at radius 1 is 2.00 bits per heavy atom. The molecule has 1 atom stereocenters. The molecular formula is C6H9NO2. The molecule has 0 bridgehead atoms. The smallest absolute Gasteiger partial charge is 0.257 e. The van der Waals surface area contributed by atoms with Crippen LogP contribution in [0.2, 0.25) is 0 Å². The van der Waals surface area contributed by atoms with Crippen LogP contribution in [0.4, 0.5) is 0 Å². The van der Waals surface area contributed by atoms with E-state index in [2.05, 4.69) is 6.58 Å². The number of carbonyl (C=O) groups is 1. The van der Waals surface area contributed by atoms with E-state index in [4.69, 9.17) is 4.74 Å². The molecule has 1 aliphatic rings. The van der Waals surface area contributed by atoms with Crippen molar-refractivity contribution in [2.75, 3.05) is 6.73 Å². The summed E-state index contributed by atoms with van der Waals surface area (Å²) in [5.74, 6) is -0.00926. The lowest BCUT2D eigenvalue weighted by atomic mass is 10.4. The van der Waals surface area contributed by atoms with Crippen LogP contribution < -0.4 is 0 Å². The summed E-state index contributed by atoms with van der Waals surface area (Å²) in [5, 5.41) is 0. The van der Waals surface area contributed by atoms with E-state index in [9.17, 15) is 4.79 Å². The van der Waals surface area contributed by atoms with Crippen LogP contribution >= 0.6 is 0 Å². The minimum Gasteiger partial charge on any atom is -0.348 e. The summed E-state index contributed by atoms with van der Waals surface area (Å²) in [6.07, 6.45) is 1.19. The number of hydrogen-bond donors (Lipinski definition) is 0. The first-order chi connectivity index (χ1) is 4.25. The van der Waals surface area contributed by atoms with Crippen molar-refractivity contribution >= 4 is 5.91 Å². The third-order valence-electron chi connectivity index (χ3n) is 1.31. The maximum absolute atomic E-state index is 10.9. The largest absolute Gasteiger partial charge is 0.348 e. The van der Waals surface area contributed by atoms with Crippen LogP contribution in [-0.4, -0.2) is 23.6 Å². The second-order valence-corrected chi connectivity index (χ2v) is 1.93. The molecule has 1 unspecified atom stereocenters. The molecule has 1 amide bonds. The topological polar surface area (TPSA) is 29.5 Å². The fourth-order valence-corrected chi connectivity index (χ4v) is 0.703. The van der Waals surface area contributed by atoms with Gasteiger partial charge in [-0.15, -0.1) is 0 Å². The van der Waals surface area contributed by atoms with Gasteiger partial charge in [-0.1, -0.05) is 6.58 Å². The zero-order valence-corrected chi connectivity index (χ0v) is 5.33. The molecule has 1 fully saturated rings. The second kappa shape index (κ2) is 2.19. The Bertz CT molecular complexity index is 144. The summed E-state index contributed by atoms with van der Waals surface area (Å²) >= 11 is 0. The predicted octanol–water partition coefficient (Wildman–Crippen LogP) is 0.335. The van der Waals surface area contributed by atoms with Gasteiger partial charge in [-0.05, 0) is 6.92 Å². The maximum atomic E-state index is 10.9. The SMILES string of the molecule is C=CN1COC(C)C1=O. The fraction of sp³-hybridized carbons (Fsp3) is 0.500. The fourth-order valence-electron chi connectivity index (χ4n) is 0.703. The maximum Gasteiger partial charge on any atom is 0.257 e. The van der Waals surface area contributed by atoms with E-state index in [-0.39, 0.29) is 12.0 Å². The molecule has 0 aliphatic carbocycles. The quantitative estimate of drug-likeness (QED) is 0.508. The Balaban J connectivity index is 2.61. The van der Waals surface area contributed by atoms with Crippen LogP contribution in [0.3, 0.4) is 0 Å². The summed E-state index contributed by atoms with van der Waals surface area (Å²) in [4.78, 5) is 12.3. The molecule has 0 saturated carbocycles. The standard InChI is InChI=1S/C6H9NO2/c1-3-7-4-9-5(2)6(7)8/h3,5H,1,4H2,2H3. The zero-order valence-electron chi connectivity index (χ0n) is 5.33. The summed E-state index contributed by atoms with van der Waals surface area (Å²) < 4.78 is 4.97. The van der Waals surface area contributed by atoms with Gasteiger partial charge in [-0.25, -0.2) is 0 Å². The molecule has 0 radical (unpaired) electrons. The number of carbonyl (C=O) groups excluding carboxylic acids is 1. The second-order valence-electron chi connectivity index (χ2n) is 1.93. The molecule has 0 N–H and O–H groups in total. The van der Waals surface area contributed by atoms with E-state index in [0.29, 0.717) is 6.73 Å². The van der Waals surface area contributed by atoms with Crippen molar-refractivity contribution in [3.05, 3.63) is 12.8 Å². The lowest BCUT2D eigenvalue weighted by Gasteiger charge is -2.03. The van der Waals surface area contributed by atoms with E-state index >= 15 is 0 Å². The minimum absolute atomic E-state index is 0.00926. The van der Waals surface area contributed by atoms with Crippen molar-refractivity contribution in [1.29, 1.82) is 0 Å². The number of hydrogen-bond acceptors (Lipinski definition) is 2. The monoisotopic (exact) mass is 127 g/mol. The summed E-state index contributed by atoms with van der Waals surface area (Å²) in [6.45, 7) is 5.53. The predicted molar refractivity (Wildman–Crippen MR) is 32.5 cm³/mol. The van der Waals surface area contributed by atoms with Crippen LogP contribution in [0.5, 0.6) is 0 Å². The van der Waals surface area contributed by atoms with E-state index in [1.54, 1.807) is 6.92 Å². The Morgan fingerprint density at radius 3 is 2.89 bits per heavy atom. The highest BCUT2D eigenvalue weighted by atomic mass is 16.5. The molecular weight excluding hydrogens is 118 g/mol. The van der Waals surface area contributed by atoms with E-state index in [1.807, 2.05) is 0 Å². The van der Waals surface area contributed by atoms with Crippen molar-refractivity contribution in [3.63, 3.8) is 0 Å². The summed E-state index contributed by atoms with van der Waals surface area (Å²) in [5.41, 5.74) is 0. The number of nitrogens with zero attached hydrogens (tertiary/aromatic N) is 1. The Labute approximate surface area is 53.9 Å². The molecule has 0 aromatic heterocycles. The highest BCUT2D eigenvalue weighted by molar-refractivity contribution is 5.82. The average Bonchev–Trinajstić information content (AvgIpc) is 2.15. The molecule has 0 aromatic rings. The molecule has 1 aliphatic heterocycles. The third kappa shape index (κ3) is 0.954. The minimum atomic E-state index is -0.289. The Kier molecular flexibility index (Phi) is 1.53. The van der Waals surface area contributed by atoms with Crippen LogP contribution in [0.1, 0.15) is 6.92 Å². The van der Waals surface area contributed by atoms with Crippen LogP contribution in [0, 0.1) is 0 Å². The van der Waals surface area contributed by atoms with Gasteiger partial charge in [0.1, 0.15) is 12.8 Å². The molecule has 1 heterocycles. The van der Waals surface area contributed by atoms with E-state index < -0.39 is 0 Å². The van der Waals surface area contributed by atoms with Crippen LogP contribution in [0.15, 0.2) is 12.8 Å². The Morgan fingerprint density at radius 2 is 2.67 bits per heavy atom. The van der Waals surface area contributed by atoms with Gasteiger partial charge in [0.05, 0.1) is 0 Å². The highest BCUT2D eigenvalue weighted by Gasteiger charge is 2.26. The number of ether oxygens (including phenoxy) is 1. The normalized spacial score (nSPS) is 27.0. The third-order valence-corrected chi connectivity index (χ3v) is 1.31. The van der Waals surface area contributed by atoms with Gasteiger partial charge in [0, 0.05) is 6.20 Å². The zero-order chi connectivity index (χ0) is 6.85. The molecule has 0 spiro atoms. The van der Waals surface area contributed by atoms with Gasteiger partial charge >= 0.3 is 0 Å². The number of amides is 1. The molecule has 1 rings (SSSR count). The lowest BCUT2D eigenvalue weighted by Crippen LogP contribution is -2.22. The Hall–Kier alpha value is -0.830. The molecule has 3 heteroatoms. The first kappa shape index (κ1) is 6.29. The molecule has 9 heavy (non-hydrogen) atoms. The van der Waals surface area contributed by atoms with Gasteiger partial charge in [0.2, 0.25) is 0 Å². The first-order valence-electron chi connectivity index (χ1n) is 2.80. The van der Waals surface area contributed by atoms with Crippen molar-refractivity contribution in [1.82, 2.24) is 4.90 Å². The van der Waals surface area contributed by atoms with E-state index in [1.165, 1.54) is 11.1 Å². The van der Waals surface area contributed by atoms with Crippen molar-refractivity contribution in [2.45, 2.75) is 13.0 Å². The number of rotatable bonds is 1. The summed E-state index contributed by atoms with van der Waals surface area (Å²) in [6, 6.07) is 0.